The number of carbonyl (C=O) groups excluding carboxylic acids is 5. The average Bonchev–Trinajstić information content (AvgIpc) is 2.87. The fourth-order valence-electron chi connectivity index (χ4n) is 4.38. The molecule has 1 aliphatic rings. The van der Waals surface area contributed by atoms with Gasteiger partial charge in [0.15, 0.2) is 24.6 Å². The summed E-state index contributed by atoms with van der Waals surface area (Å²) in [6.07, 6.45) is -7.19. The van der Waals surface area contributed by atoms with Crippen molar-refractivity contribution in [3.8, 4) is 5.75 Å². The Hall–Kier alpha value is -3.71. The number of hydrogen-bond donors (Lipinski definition) is 1. The molecule has 1 aliphatic heterocycles. The van der Waals surface area contributed by atoms with Gasteiger partial charge in [0, 0.05) is 34.2 Å². The molecule has 3 unspecified atom stereocenters. The molecule has 1 heterocycles. The van der Waals surface area contributed by atoms with E-state index in [0.29, 0.717) is 5.75 Å². The summed E-state index contributed by atoms with van der Waals surface area (Å²) in [6, 6.07) is 5.75. The monoisotopic (exact) mass is 595 g/mol. The molecule has 1 N–H and O–H groups in total. The zero-order valence-corrected chi connectivity index (χ0v) is 25.3. The molecule has 234 valence electrons. The first-order valence-corrected chi connectivity index (χ1v) is 13.7. The maximum Gasteiger partial charge on any atom is 0.412 e. The summed E-state index contributed by atoms with van der Waals surface area (Å²) in [5, 5.41) is 2.61. The van der Waals surface area contributed by atoms with E-state index in [1.54, 1.807) is 0 Å². The number of carbonyl (C=O) groups is 5. The van der Waals surface area contributed by atoms with Crippen molar-refractivity contribution in [1.82, 2.24) is 5.32 Å². The second-order valence-electron chi connectivity index (χ2n) is 10.3. The normalized spacial score (nSPS) is 21.8. The maximum atomic E-state index is 12.7. The minimum atomic E-state index is -1.36. The molecule has 1 aromatic rings. The van der Waals surface area contributed by atoms with Gasteiger partial charge in [0.05, 0.1) is 6.61 Å². The molecule has 1 amide bonds. The Morgan fingerprint density at radius 1 is 0.786 bits per heavy atom. The summed E-state index contributed by atoms with van der Waals surface area (Å²) in [5.41, 5.74) is 1.79. The van der Waals surface area contributed by atoms with Gasteiger partial charge in [-0.3, -0.25) is 19.2 Å². The SMILES string of the molecule is CC(=O)OCC1OC(OCCNC(=O)Oc2c(C(C)C)cccc2C(C)C)[C@H](OC(C)=O)C(OC(C)=O)[C@@H]1OC(C)=O. The number of amides is 1. The first-order chi connectivity index (χ1) is 19.7. The van der Waals surface area contributed by atoms with Crippen LogP contribution in [0.2, 0.25) is 0 Å². The lowest BCUT2D eigenvalue weighted by atomic mass is 9.94. The standard InChI is InChI=1S/C29H41NO12/c1-15(2)21-10-9-11-22(16(3)4)24(21)42-29(35)30-12-13-36-28-27(40-20(8)34)26(39-19(7)33)25(38-18(6)32)23(41-28)14-37-17(5)31/h9-11,15-16,23,25-28H,12-14H2,1-8H3,(H,30,35)/t23?,25-,26?,27-,28?/m1/s1. The summed E-state index contributed by atoms with van der Waals surface area (Å²) in [7, 11) is 0. The first-order valence-electron chi connectivity index (χ1n) is 13.7. The molecule has 0 spiro atoms. The van der Waals surface area contributed by atoms with Crippen molar-refractivity contribution in [2.45, 2.75) is 97.9 Å². The highest BCUT2D eigenvalue weighted by Gasteiger charge is 2.52. The lowest BCUT2D eigenvalue weighted by Gasteiger charge is -2.44. The highest BCUT2D eigenvalue weighted by molar-refractivity contribution is 5.72. The number of ether oxygens (including phenoxy) is 7. The zero-order chi connectivity index (χ0) is 31.6. The molecule has 0 aromatic heterocycles. The lowest BCUT2D eigenvalue weighted by Crippen LogP contribution is -2.63. The maximum absolute atomic E-state index is 12.7. The van der Waals surface area contributed by atoms with Crippen LogP contribution in [0.3, 0.4) is 0 Å². The number of esters is 4. The van der Waals surface area contributed by atoms with Crippen molar-refractivity contribution in [1.29, 1.82) is 0 Å². The second kappa shape index (κ2) is 16.1. The summed E-state index contributed by atoms with van der Waals surface area (Å²) in [5.74, 6) is -2.13. The van der Waals surface area contributed by atoms with Gasteiger partial charge in [0.25, 0.3) is 0 Å². The van der Waals surface area contributed by atoms with E-state index < -0.39 is 60.7 Å². The summed E-state index contributed by atoms with van der Waals surface area (Å²) < 4.78 is 38.4. The smallest absolute Gasteiger partial charge is 0.412 e. The van der Waals surface area contributed by atoms with Gasteiger partial charge in [0.2, 0.25) is 0 Å². The Morgan fingerprint density at radius 3 is 1.81 bits per heavy atom. The predicted octanol–water partition coefficient (Wildman–Crippen LogP) is 3.12. The Labute approximate surface area is 245 Å². The van der Waals surface area contributed by atoms with Crippen LogP contribution in [0, 0.1) is 0 Å². The van der Waals surface area contributed by atoms with E-state index in [-0.39, 0.29) is 31.6 Å². The topological polar surface area (TPSA) is 162 Å². The molecule has 42 heavy (non-hydrogen) atoms. The van der Waals surface area contributed by atoms with Crippen LogP contribution < -0.4 is 10.1 Å². The van der Waals surface area contributed by atoms with E-state index in [9.17, 15) is 24.0 Å². The minimum absolute atomic E-state index is 0.0352. The van der Waals surface area contributed by atoms with Crippen LogP contribution >= 0.6 is 0 Å². The predicted molar refractivity (Wildman–Crippen MR) is 147 cm³/mol. The second-order valence-corrected chi connectivity index (χ2v) is 10.3. The molecule has 13 heteroatoms. The zero-order valence-electron chi connectivity index (χ0n) is 25.3. The molecule has 1 saturated heterocycles. The van der Waals surface area contributed by atoms with Gasteiger partial charge >= 0.3 is 30.0 Å². The molecule has 5 atom stereocenters. The quantitative estimate of drug-likeness (QED) is 0.214. The van der Waals surface area contributed by atoms with Crippen LogP contribution in [0.15, 0.2) is 18.2 Å². The highest BCUT2D eigenvalue weighted by atomic mass is 16.7. The third-order valence-corrected chi connectivity index (χ3v) is 6.12. The van der Waals surface area contributed by atoms with Gasteiger partial charge in [-0.15, -0.1) is 0 Å². The van der Waals surface area contributed by atoms with E-state index in [1.807, 2.05) is 45.9 Å². The largest absolute Gasteiger partial charge is 0.463 e. The van der Waals surface area contributed by atoms with Crippen LogP contribution in [0.4, 0.5) is 4.79 Å². The van der Waals surface area contributed by atoms with Gasteiger partial charge in [-0.1, -0.05) is 45.9 Å². The lowest BCUT2D eigenvalue weighted by molar-refractivity contribution is -0.307. The van der Waals surface area contributed by atoms with E-state index in [1.165, 1.54) is 6.92 Å². The molecule has 0 bridgehead atoms. The molecule has 1 aromatic carbocycles. The third kappa shape index (κ3) is 10.3. The van der Waals surface area contributed by atoms with Crippen LogP contribution in [0.5, 0.6) is 5.75 Å². The Kier molecular flexibility index (Phi) is 13.2. The Bertz CT molecular complexity index is 1090. The fourth-order valence-corrected chi connectivity index (χ4v) is 4.38. The number of rotatable bonds is 12. The number of para-hydroxylation sites is 1. The fraction of sp³-hybridized carbons (Fsp3) is 0.621. The molecule has 2 rings (SSSR count). The van der Waals surface area contributed by atoms with E-state index in [4.69, 9.17) is 33.2 Å². The number of nitrogens with one attached hydrogen (secondary N) is 1. The molecule has 13 nitrogen and oxygen atoms in total. The van der Waals surface area contributed by atoms with Crippen molar-refractivity contribution in [2.75, 3.05) is 19.8 Å². The van der Waals surface area contributed by atoms with E-state index in [2.05, 4.69) is 5.32 Å². The molecule has 0 radical (unpaired) electrons. The van der Waals surface area contributed by atoms with Crippen molar-refractivity contribution in [2.24, 2.45) is 0 Å². The van der Waals surface area contributed by atoms with E-state index in [0.717, 1.165) is 31.9 Å². The van der Waals surface area contributed by atoms with E-state index >= 15 is 0 Å². The van der Waals surface area contributed by atoms with Crippen molar-refractivity contribution < 1.29 is 57.1 Å². The molecular weight excluding hydrogens is 554 g/mol. The van der Waals surface area contributed by atoms with Crippen LogP contribution in [0.25, 0.3) is 0 Å². The highest BCUT2D eigenvalue weighted by Crippen LogP contribution is 2.34. The van der Waals surface area contributed by atoms with Crippen LogP contribution in [-0.4, -0.2) is 80.4 Å². The van der Waals surface area contributed by atoms with Crippen LogP contribution in [-0.2, 0) is 47.6 Å². The first kappa shape index (κ1) is 34.5. The van der Waals surface area contributed by atoms with Crippen molar-refractivity contribution in [3.63, 3.8) is 0 Å². The van der Waals surface area contributed by atoms with Gasteiger partial charge in [-0.05, 0) is 23.0 Å². The molecule has 1 fully saturated rings. The summed E-state index contributed by atoms with van der Waals surface area (Å²) in [6.45, 7) is 12.0. The van der Waals surface area contributed by atoms with Gasteiger partial charge in [0.1, 0.15) is 18.5 Å². The van der Waals surface area contributed by atoms with Crippen molar-refractivity contribution >= 4 is 30.0 Å². The average molecular weight is 596 g/mol. The Balaban J connectivity index is 2.18. The third-order valence-electron chi connectivity index (χ3n) is 6.12. The van der Waals surface area contributed by atoms with Crippen LogP contribution in [0.1, 0.15) is 78.4 Å². The Morgan fingerprint density at radius 2 is 1.31 bits per heavy atom. The molecule has 0 aliphatic carbocycles. The van der Waals surface area contributed by atoms with Gasteiger partial charge in [-0.2, -0.15) is 0 Å². The summed E-state index contributed by atoms with van der Waals surface area (Å²) >= 11 is 0. The summed E-state index contributed by atoms with van der Waals surface area (Å²) in [4.78, 5) is 59.9. The van der Waals surface area contributed by atoms with Crippen molar-refractivity contribution in [3.05, 3.63) is 29.3 Å². The molecule has 0 saturated carbocycles. The van der Waals surface area contributed by atoms with Gasteiger partial charge in [-0.25, -0.2) is 4.79 Å². The van der Waals surface area contributed by atoms with Gasteiger partial charge < -0.3 is 38.5 Å². The number of benzene rings is 1. The molecular formula is C29H41NO12. The number of hydrogen-bond acceptors (Lipinski definition) is 12. The minimum Gasteiger partial charge on any atom is -0.463 e.